The number of aliphatic carboxylic acids is 1. The zero-order valence-corrected chi connectivity index (χ0v) is 11.5. The summed E-state index contributed by atoms with van der Waals surface area (Å²) in [5, 5.41) is 24.0. The van der Waals surface area contributed by atoms with Gasteiger partial charge in [0.25, 0.3) is 0 Å². The summed E-state index contributed by atoms with van der Waals surface area (Å²) < 4.78 is 0. The van der Waals surface area contributed by atoms with E-state index >= 15 is 0 Å². The number of rotatable bonds is 5. The highest BCUT2D eigenvalue weighted by Gasteiger charge is 2.27. The van der Waals surface area contributed by atoms with Crippen LogP contribution in [0.15, 0.2) is 24.3 Å². The lowest BCUT2D eigenvalue weighted by atomic mass is 10.1. The Morgan fingerprint density at radius 2 is 2.00 bits per heavy atom. The van der Waals surface area contributed by atoms with Crippen molar-refractivity contribution < 1.29 is 25.3 Å². The van der Waals surface area contributed by atoms with E-state index in [0.29, 0.717) is 0 Å². The van der Waals surface area contributed by atoms with E-state index < -0.39 is 12.0 Å². The Kier molecular flexibility index (Phi) is 6.13. The van der Waals surface area contributed by atoms with E-state index in [1.54, 1.807) is 12.1 Å². The monoisotopic (exact) mass is 296 g/mol. The molecular weight excluding hydrogens is 276 g/mol. The second-order valence-corrected chi connectivity index (χ2v) is 4.92. The van der Waals surface area contributed by atoms with Crippen molar-refractivity contribution in [2.24, 2.45) is 0 Å². The minimum atomic E-state index is -1.07. The average molecular weight is 296 g/mol. The van der Waals surface area contributed by atoms with Crippen molar-refractivity contribution in [2.75, 3.05) is 6.54 Å². The third-order valence-corrected chi connectivity index (χ3v) is 3.37. The summed E-state index contributed by atoms with van der Waals surface area (Å²) in [4.78, 5) is 23.2. The zero-order valence-electron chi connectivity index (χ0n) is 11.5. The van der Waals surface area contributed by atoms with Crippen molar-refractivity contribution in [3.63, 3.8) is 0 Å². The molecule has 0 radical (unpaired) electrons. The minimum absolute atomic E-state index is 0. The highest BCUT2D eigenvalue weighted by Crippen LogP contribution is 2.12. The fraction of sp³-hybridized carbons (Fsp3) is 0.429. The number of phenolic OH excluding ortho intramolecular Hbond substituents is 1. The third-order valence-electron chi connectivity index (χ3n) is 3.37. The molecule has 1 aliphatic rings. The summed E-state index contributed by atoms with van der Waals surface area (Å²) in [7, 11) is 0. The predicted molar refractivity (Wildman–Crippen MR) is 76.0 cm³/mol. The maximum atomic E-state index is 11.9. The molecule has 1 aliphatic heterocycles. The Hall–Kier alpha value is -2.12. The first-order valence-corrected chi connectivity index (χ1v) is 6.61. The molecule has 0 bridgehead atoms. The predicted octanol–water partition coefficient (Wildman–Crippen LogP) is -0.569. The molecule has 116 valence electrons. The van der Waals surface area contributed by atoms with E-state index in [2.05, 4.69) is 10.6 Å². The fourth-order valence-electron chi connectivity index (χ4n) is 2.25. The van der Waals surface area contributed by atoms with E-state index in [0.717, 1.165) is 24.9 Å². The van der Waals surface area contributed by atoms with E-state index in [1.807, 2.05) is 0 Å². The lowest BCUT2D eigenvalue weighted by molar-refractivity contribution is -0.142. The number of phenols is 1. The van der Waals surface area contributed by atoms with E-state index in [4.69, 9.17) is 0 Å². The molecule has 1 amide bonds. The molecule has 7 heteroatoms. The number of carbonyl (C=O) groups is 2. The lowest BCUT2D eigenvalue weighted by Gasteiger charge is -2.17. The summed E-state index contributed by atoms with van der Waals surface area (Å²) in [6.07, 6.45) is 1.85. The molecule has 0 aromatic heterocycles. The van der Waals surface area contributed by atoms with Crippen LogP contribution < -0.4 is 10.6 Å². The molecule has 1 aromatic carbocycles. The first-order chi connectivity index (χ1) is 9.56. The summed E-state index contributed by atoms with van der Waals surface area (Å²) in [5.74, 6) is -1.21. The summed E-state index contributed by atoms with van der Waals surface area (Å²) in [6.45, 7) is 0.786. The van der Waals surface area contributed by atoms with Gasteiger partial charge in [0, 0.05) is 6.42 Å². The SMILES string of the molecule is O.O=C(O)C(Cc1ccc(O)cc1)NC(=O)C1CCCN1. The van der Waals surface area contributed by atoms with Gasteiger partial charge in [-0.05, 0) is 37.1 Å². The van der Waals surface area contributed by atoms with Crippen LogP contribution in [0.5, 0.6) is 5.75 Å². The quantitative estimate of drug-likeness (QED) is 0.578. The molecule has 6 N–H and O–H groups in total. The minimum Gasteiger partial charge on any atom is -0.508 e. The Bertz CT molecular complexity index is 483. The number of carbonyl (C=O) groups excluding carboxylic acids is 1. The molecule has 0 aliphatic carbocycles. The van der Waals surface area contributed by atoms with Crippen LogP contribution in [0.1, 0.15) is 18.4 Å². The molecule has 2 atom stereocenters. The zero-order chi connectivity index (χ0) is 14.5. The van der Waals surface area contributed by atoms with E-state index in [1.165, 1.54) is 12.1 Å². The lowest BCUT2D eigenvalue weighted by Crippen LogP contribution is -2.49. The van der Waals surface area contributed by atoms with Crippen LogP contribution >= 0.6 is 0 Å². The summed E-state index contributed by atoms with van der Waals surface area (Å²) in [5.41, 5.74) is 0.745. The van der Waals surface area contributed by atoms with Crippen LogP contribution in [0, 0.1) is 0 Å². The van der Waals surface area contributed by atoms with Gasteiger partial charge in [-0.15, -0.1) is 0 Å². The van der Waals surface area contributed by atoms with Crippen molar-refractivity contribution in [2.45, 2.75) is 31.3 Å². The highest BCUT2D eigenvalue weighted by atomic mass is 16.4. The second-order valence-electron chi connectivity index (χ2n) is 4.92. The van der Waals surface area contributed by atoms with Crippen LogP contribution in [0.3, 0.4) is 0 Å². The van der Waals surface area contributed by atoms with Gasteiger partial charge in [-0.3, -0.25) is 4.79 Å². The van der Waals surface area contributed by atoms with Gasteiger partial charge in [-0.1, -0.05) is 12.1 Å². The normalized spacial score (nSPS) is 18.6. The van der Waals surface area contributed by atoms with Crippen LogP contribution in [0.2, 0.25) is 0 Å². The Labute approximate surface area is 122 Å². The van der Waals surface area contributed by atoms with Crippen molar-refractivity contribution in [3.05, 3.63) is 29.8 Å². The van der Waals surface area contributed by atoms with Gasteiger partial charge in [-0.2, -0.15) is 0 Å². The molecule has 2 unspecified atom stereocenters. The molecular formula is C14H20N2O5. The molecule has 0 saturated carbocycles. The molecule has 2 rings (SSSR count). The standard InChI is InChI=1S/C14H18N2O4.H2O/c17-10-5-3-9(4-6-10)8-12(14(19)20)16-13(18)11-2-1-7-15-11;/h3-6,11-12,15,17H,1-2,7-8H2,(H,16,18)(H,19,20);1H2. The van der Waals surface area contributed by atoms with Crippen LogP contribution in [0.25, 0.3) is 0 Å². The number of nitrogens with one attached hydrogen (secondary N) is 2. The van der Waals surface area contributed by atoms with Crippen LogP contribution in [0.4, 0.5) is 0 Å². The fourth-order valence-corrected chi connectivity index (χ4v) is 2.25. The first-order valence-electron chi connectivity index (χ1n) is 6.61. The maximum absolute atomic E-state index is 11.9. The van der Waals surface area contributed by atoms with Crippen molar-refractivity contribution in [1.82, 2.24) is 10.6 Å². The van der Waals surface area contributed by atoms with Gasteiger partial charge in [-0.25, -0.2) is 4.79 Å². The largest absolute Gasteiger partial charge is 0.508 e. The Morgan fingerprint density at radius 1 is 1.33 bits per heavy atom. The van der Waals surface area contributed by atoms with Gasteiger partial charge in [0.2, 0.25) is 5.91 Å². The number of benzene rings is 1. The Morgan fingerprint density at radius 3 is 2.52 bits per heavy atom. The number of hydrogen-bond donors (Lipinski definition) is 4. The Balaban J connectivity index is 0.00000220. The number of amides is 1. The molecule has 7 nitrogen and oxygen atoms in total. The van der Waals surface area contributed by atoms with Gasteiger partial charge in [0.05, 0.1) is 6.04 Å². The summed E-state index contributed by atoms with van der Waals surface area (Å²) in [6, 6.07) is 5.02. The number of aromatic hydroxyl groups is 1. The van der Waals surface area contributed by atoms with Crippen molar-refractivity contribution >= 4 is 11.9 Å². The highest BCUT2D eigenvalue weighted by molar-refractivity contribution is 5.87. The molecule has 0 spiro atoms. The van der Waals surface area contributed by atoms with E-state index in [9.17, 15) is 19.8 Å². The molecule has 1 fully saturated rings. The van der Waals surface area contributed by atoms with Gasteiger partial charge < -0.3 is 26.3 Å². The number of carboxylic acid groups (broad SMARTS) is 1. The summed E-state index contributed by atoms with van der Waals surface area (Å²) >= 11 is 0. The van der Waals surface area contributed by atoms with Gasteiger partial charge in [0.1, 0.15) is 11.8 Å². The smallest absolute Gasteiger partial charge is 0.326 e. The number of carboxylic acids is 1. The first kappa shape index (κ1) is 16.9. The third kappa shape index (κ3) is 4.73. The van der Waals surface area contributed by atoms with Crippen LogP contribution in [-0.2, 0) is 16.0 Å². The number of hydrogen-bond acceptors (Lipinski definition) is 4. The van der Waals surface area contributed by atoms with Gasteiger partial charge >= 0.3 is 5.97 Å². The van der Waals surface area contributed by atoms with Crippen LogP contribution in [-0.4, -0.2) is 46.2 Å². The van der Waals surface area contributed by atoms with Crippen molar-refractivity contribution in [3.8, 4) is 5.75 Å². The average Bonchev–Trinajstić information content (AvgIpc) is 2.94. The maximum Gasteiger partial charge on any atom is 0.326 e. The van der Waals surface area contributed by atoms with E-state index in [-0.39, 0.29) is 29.6 Å². The topological polar surface area (TPSA) is 130 Å². The second kappa shape index (κ2) is 7.61. The molecule has 1 aromatic rings. The van der Waals surface area contributed by atoms with Crippen molar-refractivity contribution in [1.29, 1.82) is 0 Å². The molecule has 1 saturated heterocycles. The molecule has 1 heterocycles. The molecule has 21 heavy (non-hydrogen) atoms. The van der Waals surface area contributed by atoms with Gasteiger partial charge in [0.15, 0.2) is 0 Å².